The van der Waals surface area contributed by atoms with Gasteiger partial charge in [0.15, 0.2) is 5.82 Å². The highest BCUT2D eigenvalue weighted by Crippen LogP contribution is 2.14. The van der Waals surface area contributed by atoms with Crippen LogP contribution in [0.2, 0.25) is 0 Å². The van der Waals surface area contributed by atoms with Gasteiger partial charge in [0.2, 0.25) is 0 Å². The first kappa shape index (κ1) is 11.6. The molecule has 0 bridgehead atoms. The van der Waals surface area contributed by atoms with Gasteiger partial charge in [-0.25, -0.2) is 4.68 Å². The van der Waals surface area contributed by atoms with Crippen LogP contribution in [0.3, 0.4) is 0 Å². The predicted molar refractivity (Wildman–Crippen MR) is 74.7 cm³/mol. The second-order valence-corrected chi connectivity index (χ2v) is 4.43. The zero-order valence-electron chi connectivity index (χ0n) is 10.7. The number of para-hydroxylation sites is 1. The molecule has 0 fully saturated rings. The van der Waals surface area contributed by atoms with Crippen molar-refractivity contribution in [3.05, 3.63) is 47.8 Å². The van der Waals surface area contributed by atoms with Crippen LogP contribution in [0.1, 0.15) is 18.3 Å². The Kier molecular flexibility index (Phi) is 2.87. The van der Waals surface area contributed by atoms with Gasteiger partial charge in [0.05, 0.1) is 23.4 Å². The molecule has 0 aliphatic heterocycles. The number of anilines is 1. The molecule has 2 heterocycles. The molecule has 0 saturated carbocycles. The summed E-state index contributed by atoms with van der Waals surface area (Å²) in [5, 5.41) is 9.11. The lowest BCUT2D eigenvalue weighted by Crippen LogP contribution is -2.08. The fraction of sp³-hybridized carbons (Fsp3) is 0.214. The third-order valence-electron chi connectivity index (χ3n) is 3.17. The zero-order valence-corrected chi connectivity index (χ0v) is 10.7. The number of nitrogens with zero attached hydrogens (tertiary/aromatic N) is 4. The molecule has 2 N–H and O–H groups in total. The van der Waals surface area contributed by atoms with Gasteiger partial charge in [-0.3, -0.25) is 4.98 Å². The number of rotatable bonds is 3. The molecule has 1 aromatic carbocycles. The molecule has 5 nitrogen and oxygen atoms in total. The standard InChI is InChI=1S/C14H15N5/c1-2-13-14(15)17-18-19(13)9-11-8-7-10-5-3-4-6-12(10)16-11/h3-8H,2,9,15H2,1H3. The summed E-state index contributed by atoms with van der Waals surface area (Å²) in [6, 6.07) is 12.1. The Morgan fingerprint density at radius 2 is 2.00 bits per heavy atom. The Bertz CT molecular complexity index is 717. The number of hydrogen-bond donors (Lipinski definition) is 1. The van der Waals surface area contributed by atoms with Gasteiger partial charge >= 0.3 is 0 Å². The number of nitrogen functional groups attached to an aromatic ring is 1. The highest BCUT2D eigenvalue weighted by Gasteiger charge is 2.09. The Balaban J connectivity index is 1.96. The smallest absolute Gasteiger partial charge is 0.169 e. The van der Waals surface area contributed by atoms with Crippen molar-refractivity contribution in [1.29, 1.82) is 0 Å². The van der Waals surface area contributed by atoms with Crippen molar-refractivity contribution >= 4 is 16.7 Å². The molecule has 0 radical (unpaired) electrons. The average molecular weight is 253 g/mol. The largest absolute Gasteiger partial charge is 0.381 e. The van der Waals surface area contributed by atoms with Crippen LogP contribution >= 0.6 is 0 Å². The minimum atomic E-state index is 0.503. The van der Waals surface area contributed by atoms with E-state index in [1.165, 1.54) is 0 Å². The number of hydrogen-bond acceptors (Lipinski definition) is 4. The first-order valence-corrected chi connectivity index (χ1v) is 6.30. The van der Waals surface area contributed by atoms with Crippen molar-refractivity contribution in [2.45, 2.75) is 19.9 Å². The van der Waals surface area contributed by atoms with Gasteiger partial charge in [-0.1, -0.05) is 36.4 Å². The minimum Gasteiger partial charge on any atom is -0.381 e. The summed E-state index contributed by atoms with van der Waals surface area (Å²) in [7, 11) is 0. The Labute approximate surface area is 111 Å². The van der Waals surface area contributed by atoms with Crippen molar-refractivity contribution in [3.63, 3.8) is 0 Å². The third kappa shape index (κ3) is 2.14. The lowest BCUT2D eigenvalue weighted by molar-refractivity contribution is 0.613. The lowest BCUT2D eigenvalue weighted by atomic mass is 10.2. The molecule has 0 aliphatic carbocycles. The molecule has 3 aromatic rings. The van der Waals surface area contributed by atoms with E-state index in [0.717, 1.165) is 28.7 Å². The quantitative estimate of drug-likeness (QED) is 0.775. The summed E-state index contributed by atoms with van der Waals surface area (Å²) < 4.78 is 1.81. The Hall–Kier alpha value is -2.43. The molecule has 3 rings (SSSR count). The zero-order chi connectivity index (χ0) is 13.2. The SMILES string of the molecule is CCc1c(N)nnn1Cc1ccc2ccccc2n1. The maximum absolute atomic E-state index is 5.78. The molecule has 2 aromatic heterocycles. The fourth-order valence-electron chi connectivity index (χ4n) is 2.19. The lowest BCUT2D eigenvalue weighted by Gasteiger charge is -2.05. The highest BCUT2D eigenvalue weighted by atomic mass is 15.4. The number of aromatic nitrogens is 4. The van der Waals surface area contributed by atoms with Crippen LogP contribution in [-0.4, -0.2) is 20.0 Å². The summed E-state index contributed by atoms with van der Waals surface area (Å²) in [6.07, 6.45) is 0.812. The predicted octanol–water partition coefficient (Wildman–Crippen LogP) is 2.02. The van der Waals surface area contributed by atoms with Crippen molar-refractivity contribution in [1.82, 2.24) is 20.0 Å². The topological polar surface area (TPSA) is 69.6 Å². The second-order valence-electron chi connectivity index (χ2n) is 4.43. The van der Waals surface area contributed by atoms with Crippen LogP contribution in [0.15, 0.2) is 36.4 Å². The molecule has 0 unspecified atom stereocenters. The van der Waals surface area contributed by atoms with E-state index in [2.05, 4.69) is 27.4 Å². The molecule has 0 amide bonds. The van der Waals surface area contributed by atoms with Crippen molar-refractivity contribution < 1.29 is 0 Å². The third-order valence-corrected chi connectivity index (χ3v) is 3.17. The number of nitrogens with two attached hydrogens (primary N) is 1. The molecule has 5 heteroatoms. The summed E-state index contributed by atoms with van der Waals surface area (Å²) in [5.74, 6) is 0.503. The molecule has 0 atom stereocenters. The van der Waals surface area contributed by atoms with Gasteiger partial charge in [-0.05, 0) is 18.6 Å². The van der Waals surface area contributed by atoms with Gasteiger partial charge < -0.3 is 5.73 Å². The molecular formula is C14H15N5. The fourth-order valence-corrected chi connectivity index (χ4v) is 2.19. The summed E-state index contributed by atoms with van der Waals surface area (Å²) in [5.41, 5.74) is 8.68. The normalized spacial score (nSPS) is 11.0. The van der Waals surface area contributed by atoms with E-state index in [1.54, 1.807) is 0 Å². The monoisotopic (exact) mass is 253 g/mol. The highest BCUT2D eigenvalue weighted by molar-refractivity contribution is 5.78. The molecule has 0 aliphatic rings. The molecular weight excluding hydrogens is 238 g/mol. The molecule has 19 heavy (non-hydrogen) atoms. The van der Waals surface area contributed by atoms with Crippen LogP contribution in [-0.2, 0) is 13.0 Å². The first-order valence-electron chi connectivity index (χ1n) is 6.30. The van der Waals surface area contributed by atoms with Gasteiger partial charge in [0.25, 0.3) is 0 Å². The van der Waals surface area contributed by atoms with E-state index in [-0.39, 0.29) is 0 Å². The Morgan fingerprint density at radius 1 is 1.16 bits per heavy atom. The van der Waals surface area contributed by atoms with E-state index >= 15 is 0 Å². The molecule has 96 valence electrons. The van der Waals surface area contributed by atoms with Crippen LogP contribution in [0.25, 0.3) is 10.9 Å². The van der Waals surface area contributed by atoms with Gasteiger partial charge in [-0.2, -0.15) is 0 Å². The van der Waals surface area contributed by atoms with Crippen molar-refractivity contribution in [3.8, 4) is 0 Å². The van der Waals surface area contributed by atoms with E-state index in [4.69, 9.17) is 5.73 Å². The van der Waals surface area contributed by atoms with Gasteiger partial charge in [0.1, 0.15) is 0 Å². The van der Waals surface area contributed by atoms with Crippen LogP contribution < -0.4 is 5.73 Å². The number of benzene rings is 1. The summed E-state index contributed by atoms with van der Waals surface area (Å²) in [6.45, 7) is 2.64. The van der Waals surface area contributed by atoms with Gasteiger partial charge in [-0.15, -0.1) is 5.10 Å². The summed E-state index contributed by atoms with van der Waals surface area (Å²) >= 11 is 0. The van der Waals surface area contributed by atoms with Crippen LogP contribution in [0.4, 0.5) is 5.82 Å². The number of fused-ring (bicyclic) bond motifs is 1. The Morgan fingerprint density at radius 3 is 2.84 bits per heavy atom. The van der Waals surface area contributed by atoms with E-state index in [0.29, 0.717) is 12.4 Å². The summed E-state index contributed by atoms with van der Waals surface area (Å²) in [4.78, 5) is 4.63. The maximum atomic E-state index is 5.78. The van der Waals surface area contributed by atoms with Crippen molar-refractivity contribution in [2.75, 3.05) is 5.73 Å². The van der Waals surface area contributed by atoms with Crippen molar-refractivity contribution in [2.24, 2.45) is 0 Å². The van der Waals surface area contributed by atoms with Crippen LogP contribution in [0.5, 0.6) is 0 Å². The average Bonchev–Trinajstić information content (AvgIpc) is 2.79. The van der Waals surface area contributed by atoms with Gasteiger partial charge in [0, 0.05) is 5.39 Å². The first-order chi connectivity index (χ1) is 9.28. The second kappa shape index (κ2) is 4.68. The van der Waals surface area contributed by atoms with Crippen LogP contribution in [0, 0.1) is 0 Å². The molecule has 0 spiro atoms. The minimum absolute atomic E-state index is 0.503. The maximum Gasteiger partial charge on any atom is 0.169 e. The molecule has 0 saturated heterocycles. The number of pyridine rings is 1. The van der Waals surface area contributed by atoms with E-state index < -0.39 is 0 Å². The van der Waals surface area contributed by atoms with E-state index in [9.17, 15) is 0 Å². The van der Waals surface area contributed by atoms with E-state index in [1.807, 2.05) is 35.9 Å².